The van der Waals surface area contributed by atoms with E-state index in [-0.39, 0.29) is 5.66 Å². The molecule has 2 heterocycles. The lowest BCUT2D eigenvalue weighted by molar-refractivity contribution is 0.463. The van der Waals surface area contributed by atoms with Crippen LogP contribution >= 0.6 is 7.37 Å². The number of nitrogens with one attached hydrogen (secondary N) is 1. The Morgan fingerprint density at radius 1 is 1.73 bits per heavy atom. The van der Waals surface area contributed by atoms with Crippen molar-refractivity contribution in [3.05, 3.63) is 11.6 Å². The quantitative estimate of drug-likeness (QED) is 0.415. The molecule has 2 rings (SSSR count). The van der Waals surface area contributed by atoms with Gasteiger partial charge in [-0.25, -0.2) is 0 Å². The summed E-state index contributed by atoms with van der Waals surface area (Å²) in [4.78, 5) is 9.47. The van der Waals surface area contributed by atoms with Crippen LogP contribution < -0.4 is 5.32 Å². The van der Waals surface area contributed by atoms with Crippen LogP contribution in [-0.2, 0) is 4.57 Å². The van der Waals surface area contributed by atoms with E-state index in [1.807, 2.05) is 6.08 Å². The van der Waals surface area contributed by atoms with Gasteiger partial charge in [-0.3, -0.25) is 4.57 Å². The largest absolute Gasteiger partial charge is 0.344 e. The van der Waals surface area contributed by atoms with Crippen LogP contribution in [0, 0.1) is 0 Å². The van der Waals surface area contributed by atoms with Gasteiger partial charge in [0.1, 0.15) is 0 Å². The van der Waals surface area contributed by atoms with Crippen molar-refractivity contribution in [2.75, 3.05) is 19.3 Å². The Morgan fingerprint density at radius 2 is 2.55 bits per heavy atom. The molecule has 1 unspecified atom stereocenters. The average Bonchev–Trinajstić information content (AvgIpc) is 2.29. The molecular formula is C7H12NO2P. The molecule has 2 atom stereocenters. The molecule has 2 aliphatic heterocycles. The van der Waals surface area contributed by atoms with Crippen molar-refractivity contribution in [1.82, 2.24) is 5.32 Å². The van der Waals surface area contributed by atoms with Gasteiger partial charge < -0.3 is 10.2 Å². The van der Waals surface area contributed by atoms with Gasteiger partial charge in [-0.05, 0) is 18.5 Å². The molecule has 3 nitrogen and oxygen atoms in total. The molecule has 2 N–H and O–H groups in total. The molecule has 0 saturated carbocycles. The van der Waals surface area contributed by atoms with E-state index in [9.17, 15) is 9.46 Å². The third-order valence-corrected chi connectivity index (χ3v) is 4.72. The average molecular weight is 173 g/mol. The van der Waals surface area contributed by atoms with Crippen molar-refractivity contribution >= 4 is 7.37 Å². The highest BCUT2D eigenvalue weighted by molar-refractivity contribution is 7.59. The molecule has 0 amide bonds. The summed E-state index contributed by atoms with van der Waals surface area (Å²) >= 11 is 0. The monoisotopic (exact) mass is 173 g/mol. The van der Waals surface area contributed by atoms with Crippen molar-refractivity contribution in [2.45, 2.75) is 12.1 Å². The van der Waals surface area contributed by atoms with Crippen LogP contribution in [-0.4, -0.2) is 29.8 Å². The van der Waals surface area contributed by atoms with Crippen molar-refractivity contribution in [3.63, 3.8) is 0 Å². The molecule has 0 aliphatic carbocycles. The smallest absolute Gasteiger partial charge is 0.211 e. The van der Waals surface area contributed by atoms with Crippen LogP contribution in [0.25, 0.3) is 0 Å². The third-order valence-electron chi connectivity index (χ3n) is 2.45. The number of rotatable bonds is 0. The lowest BCUT2D eigenvalue weighted by atomic mass is 10.1. The van der Waals surface area contributed by atoms with Crippen molar-refractivity contribution in [1.29, 1.82) is 0 Å². The van der Waals surface area contributed by atoms with Crippen LogP contribution in [0.1, 0.15) is 6.42 Å². The Balaban J connectivity index is 2.25. The zero-order valence-corrected chi connectivity index (χ0v) is 7.18. The topological polar surface area (TPSA) is 49.3 Å². The molecule has 0 aromatic heterocycles. The summed E-state index contributed by atoms with van der Waals surface area (Å²) < 4.78 is 11.5. The zero-order chi connectivity index (χ0) is 7.90. The van der Waals surface area contributed by atoms with Crippen molar-refractivity contribution < 1.29 is 9.46 Å². The molecule has 11 heavy (non-hydrogen) atoms. The summed E-state index contributed by atoms with van der Waals surface area (Å²) in [6.07, 6.45) is 3.16. The summed E-state index contributed by atoms with van der Waals surface area (Å²) in [6.45, 7) is 1.70. The molecule has 0 aromatic rings. The molecule has 0 radical (unpaired) electrons. The van der Waals surface area contributed by atoms with Crippen molar-refractivity contribution in [2.24, 2.45) is 0 Å². The van der Waals surface area contributed by atoms with Gasteiger partial charge >= 0.3 is 0 Å². The van der Waals surface area contributed by atoms with Crippen LogP contribution in [0.4, 0.5) is 0 Å². The van der Waals surface area contributed by atoms with Gasteiger partial charge in [0.25, 0.3) is 0 Å². The van der Waals surface area contributed by atoms with E-state index in [4.69, 9.17) is 0 Å². The highest BCUT2D eigenvalue weighted by Gasteiger charge is 2.38. The number of allylic oxidation sites excluding steroid dienone is 1. The second-order valence-corrected chi connectivity index (χ2v) is 5.70. The van der Waals surface area contributed by atoms with Gasteiger partial charge in [-0.15, -0.1) is 0 Å². The fourth-order valence-electron chi connectivity index (χ4n) is 1.82. The predicted molar refractivity (Wildman–Crippen MR) is 44.1 cm³/mol. The van der Waals surface area contributed by atoms with E-state index in [0.717, 1.165) is 25.1 Å². The minimum absolute atomic E-state index is 0.0104. The number of hydrogen-bond acceptors (Lipinski definition) is 2. The third kappa shape index (κ3) is 1.18. The maximum Gasteiger partial charge on any atom is 0.211 e. The number of hydrogen-bond donors (Lipinski definition) is 2. The van der Waals surface area contributed by atoms with Gasteiger partial charge in [0.05, 0.1) is 5.66 Å². The van der Waals surface area contributed by atoms with Gasteiger partial charge in [0, 0.05) is 12.7 Å². The van der Waals surface area contributed by atoms with E-state index < -0.39 is 7.37 Å². The molecule has 1 saturated heterocycles. The summed E-state index contributed by atoms with van der Waals surface area (Å²) in [6, 6.07) is 0. The summed E-state index contributed by atoms with van der Waals surface area (Å²) in [5.74, 6) is 0. The number of piperidine rings is 1. The van der Waals surface area contributed by atoms with E-state index in [2.05, 4.69) is 5.32 Å². The summed E-state index contributed by atoms with van der Waals surface area (Å²) in [5, 5.41) is 3.19. The molecular weight excluding hydrogens is 161 g/mol. The lowest BCUT2D eigenvalue weighted by Crippen LogP contribution is -2.31. The fourth-order valence-corrected chi connectivity index (χ4v) is 3.82. The van der Waals surface area contributed by atoms with E-state index in [1.165, 1.54) is 0 Å². The molecule has 1 fully saturated rings. The van der Waals surface area contributed by atoms with Gasteiger partial charge in [-0.2, -0.15) is 0 Å². The first-order valence-corrected chi connectivity index (χ1v) is 5.83. The van der Waals surface area contributed by atoms with Gasteiger partial charge in [0.15, 0.2) is 0 Å². The Kier molecular flexibility index (Phi) is 1.67. The van der Waals surface area contributed by atoms with Crippen molar-refractivity contribution in [3.8, 4) is 0 Å². The highest BCUT2D eigenvalue weighted by Crippen LogP contribution is 2.55. The minimum atomic E-state index is -2.81. The zero-order valence-electron chi connectivity index (χ0n) is 6.29. The molecule has 0 spiro atoms. The Hall–Kier alpha value is -0.110. The minimum Gasteiger partial charge on any atom is -0.344 e. The molecule has 4 heteroatoms. The normalized spacial score (nSPS) is 43.4. The van der Waals surface area contributed by atoms with Gasteiger partial charge in [0.2, 0.25) is 7.37 Å². The summed E-state index contributed by atoms with van der Waals surface area (Å²) in [7, 11) is -2.81. The molecule has 62 valence electrons. The predicted octanol–water partition coefficient (Wildman–Crippen LogP) is 0.559. The summed E-state index contributed by atoms with van der Waals surface area (Å²) in [5.41, 5.74) is 1.14. The Morgan fingerprint density at radius 3 is 3.27 bits per heavy atom. The Bertz CT molecular complexity index is 249. The Labute approximate surface area is 65.9 Å². The first kappa shape index (κ1) is 7.53. The van der Waals surface area contributed by atoms with Crippen LogP contribution in [0.5, 0.6) is 0 Å². The second-order valence-electron chi connectivity index (χ2n) is 3.20. The van der Waals surface area contributed by atoms with E-state index in [0.29, 0.717) is 6.16 Å². The van der Waals surface area contributed by atoms with E-state index >= 15 is 0 Å². The SMILES string of the molecule is O=P1(O)CC=C2CNCC[C@@H]21. The maximum atomic E-state index is 11.5. The highest BCUT2D eigenvalue weighted by atomic mass is 31.2. The molecule has 0 bridgehead atoms. The molecule has 0 aromatic carbocycles. The first-order chi connectivity index (χ1) is 5.20. The standard InChI is InChI=1S/C7H12NO2P/c9-11(10)4-2-6-5-8-3-1-7(6)11/h2,7-8H,1,3-5H2,(H,9,10)/t7-/m0/s1. The van der Waals surface area contributed by atoms with Crippen LogP contribution in [0.15, 0.2) is 11.6 Å². The molecule has 2 aliphatic rings. The number of fused-ring (bicyclic) bond motifs is 1. The maximum absolute atomic E-state index is 11.5. The fraction of sp³-hybridized carbons (Fsp3) is 0.714. The first-order valence-electron chi connectivity index (χ1n) is 3.91. The van der Waals surface area contributed by atoms with Crippen LogP contribution in [0.2, 0.25) is 0 Å². The second kappa shape index (κ2) is 2.44. The lowest BCUT2D eigenvalue weighted by Gasteiger charge is -2.24. The van der Waals surface area contributed by atoms with Gasteiger partial charge in [-0.1, -0.05) is 6.08 Å². The van der Waals surface area contributed by atoms with E-state index in [1.54, 1.807) is 0 Å². The van der Waals surface area contributed by atoms with Crippen LogP contribution in [0.3, 0.4) is 0 Å².